The molecule has 0 spiro atoms. The number of hydrogen-bond acceptors (Lipinski definition) is 6. The van der Waals surface area contributed by atoms with E-state index < -0.39 is 0 Å². The Bertz CT molecular complexity index is 1120. The summed E-state index contributed by atoms with van der Waals surface area (Å²) in [6, 6.07) is 11.7. The minimum absolute atomic E-state index is 0.0836. The quantitative estimate of drug-likeness (QED) is 0.634. The minimum atomic E-state index is -0.152. The molecule has 0 radical (unpaired) electrons. The highest BCUT2D eigenvalue weighted by Crippen LogP contribution is 2.36. The summed E-state index contributed by atoms with van der Waals surface area (Å²) < 4.78 is 11.2. The topological polar surface area (TPSA) is 67.9 Å². The van der Waals surface area contributed by atoms with Gasteiger partial charge in [0.2, 0.25) is 5.91 Å². The first-order valence-electron chi connectivity index (χ1n) is 10.3. The van der Waals surface area contributed by atoms with E-state index in [1.165, 1.54) is 21.8 Å². The third kappa shape index (κ3) is 4.31. The van der Waals surface area contributed by atoms with E-state index in [9.17, 15) is 9.59 Å². The van der Waals surface area contributed by atoms with Crippen molar-refractivity contribution in [3.05, 3.63) is 57.1 Å². The van der Waals surface area contributed by atoms with Gasteiger partial charge in [0.05, 0.1) is 4.88 Å². The molecule has 31 heavy (non-hydrogen) atoms. The third-order valence-electron chi connectivity index (χ3n) is 5.44. The molecule has 5 rings (SSSR count). The largest absolute Gasteiger partial charge is 0.486 e. The number of nitrogens with one attached hydrogen (secondary N) is 1. The lowest BCUT2D eigenvalue weighted by atomic mass is 10.1. The van der Waals surface area contributed by atoms with Gasteiger partial charge >= 0.3 is 0 Å². The first-order chi connectivity index (χ1) is 15.2. The van der Waals surface area contributed by atoms with Crippen molar-refractivity contribution in [3.63, 3.8) is 0 Å². The maximum atomic E-state index is 12.5. The molecule has 8 heteroatoms. The number of hydrogen-bond donors (Lipinski definition) is 1. The standard InChI is InChI=1S/C23H22N2O4S2/c26-22(25-9-6-19-16(14-25)7-12-30-19)5-8-24-23(27)21-4-3-20(31-21)15-1-2-17-18(13-15)29-11-10-28-17/h1-4,7,12-13H,5-6,8-11,14H2,(H,24,27). The molecule has 4 heterocycles. The highest BCUT2D eigenvalue weighted by atomic mass is 32.1. The molecule has 0 fully saturated rings. The fourth-order valence-corrected chi connectivity index (χ4v) is 5.61. The average molecular weight is 455 g/mol. The molecule has 2 aromatic heterocycles. The molecule has 1 N–H and O–H groups in total. The number of nitrogens with zero attached hydrogens (tertiary/aromatic N) is 1. The normalized spacial score (nSPS) is 14.8. The summed E-state index contributed by atoms with van der Waals surface area (Å²) in [5.41, 5.74) is 2.24. The number of carbonyl (C=O) groups excluding carboxylic acids is 2. The van der Waals surface area contributed by atoms with Crippen LogP contribution in [0.5, 0.6) is 11.5 Å². The lowest BCUT2D eigenvalue weighted by molar-refractivity contribution is -0.131. The van der Waals surface area contributed by atoms with Crippen molar-refractivity contribution in [1.82, 2.24) is 10.2 Å². The Morgan fingerprint density at radius 3 is 2.84 bits per heavy atom. The third-order valence-corrected chi connectivity index (χ3v) is 7.60. The van der Waals surface area contributed by atoms with Gasteiger partial charge in [-0.15, -0.1) is 22.7 Å². The van der Waals surface area contributed by atoms with Crippen LogP contribution in [0.1, 0.15) is 26.5 Å². The van der Waals surface area contributed by atoms with Crippen LogP contribution in [0, 0.1) is 0 Å². The SMILES string of the molecule is O=C(NCCC(=O)N1CCc2sccc2C1)c1ccc(-c2ccc3c(c2)OCCO3)s1. The molecule has 0 atom stereocenters. The average Bonchev–Trinajstić information content (AvgIpc) is 3.48. The van der Waals surface area contributed by atoms with Crippen molar-refractivity contribution in [2.24, 2.45) is 0 Å². The molecule has 3 aromatic rings. The van der Waals surface area contributed by atoms with E-state index in [1.54, 1.807) is 11.3 Å². The van der Waals surface area contributed by atoms with Crippen LogP contribution in [0.15, 0.2) is 41.8 Å². The molecule has 0 saturated carbocycles. The summed E-state index contributed by atoms with van der Waals surface area (Å²) in [6.07, 6.45) is 1.23. The first-order valence-corrected chi connectivity index (χ1v) is 12.0. The van der Waals surface area contributed by atoms with Gasteiger partial charge in [0.1, 0.15) is 13.2 Å². The summed E-state index contributed by atoms with van der Waals surface area (Å²) in [5.74, 6) is 1.41. The summed E-state index contributed by atoms with van der Waals surface area (Å²) >= 11 is 3.18. The van der Waals surface area contributed by atoms with Crippen LogP contribution in [0.25, 0.3) is 10.4 Å². The lowest BCUT2D eigenvalue weighted by Gasteiger charge is -2.27. The second kappa shape index (κ2) is 8.72. The number of fused-ring (bicyclic) bond motifs is 2. The molecule has 2 aliphatic rings. The predicted octanol–water partition coefficient (Wildman–Crippen LogP) is 3.95. The lowest BCUT2D eigenvalue weighted by Crippen LogP contribution is -2.37. The second-order valence-electron chi connectivity index (χ2n) is 7.46. The van der Waals surface area contributed by atoms with Gasteiger partial charge in [0, 0.05) is 35.8 Å². The van der Waals surface area contributed by atoms with Gasteiger partial charge in [-0.25, -0.2) is 0 Å². The maximum absolute atomic E-state index is 12.5. The van der Waals surface area contributed by atoms with Crippen LogP contribution in [0.4, 0.5) is 0 Å². The zero-order chi connectivity index (χ0) is 21.2. The van der Waals surface area contributed by atoms with Gasteiger partial charge in [-0.05, 0) is 59.3 Å². The Kier molecular flexibility index (Phi) is 5.65. The molecule has 2 aliphatic heterocycles. The van der Waals surface area contributed by atoms with Crippen molar-refractivity contribution in [1.29, 1.82) is 0 Å². The van der Waals surface area contributed by atoms with E-state index in [0.717, 1.165) is 34.9 Å². The van der Waals surface area contributed by atoms with Gasteiger partial charge < -0.3 is 19.7 Å². The van der Waals surface area contributed by atoms with Crippen LogP contribution in [-0.4, -0.2) is 43.0 Å². The van der Waals surface area contributed by atoms with Crippen LogP contribution >= 0.6 is 22.7 Å². The second-order valence-corrected chi connectivity index (χ2v) is 9.55. The summed E-state index contributed by atoms with van der Waals surface area (Å²) in [4.78, 5) is 29.9. The van der Waals surface area contributed by atoms with Crippen molar-refractivity contribution in [2.45, 2.75) is 19.4 Å². The zero-order valence-electron chi connectivity index (χ0n) is 16.9. The van der Waals surface area contributed by atoms with E-state index >= 15 is 0 Å². The molecular formula is C23H22N2O4S2. The fourth-order valence-electron chi connectivity index (χ4n) is 3.80. The number of thiophene rings is 2. The van der Waals surface area contributed by atoms with Crippen LogP contribution in [-0.2, 0) is 17.8 Å². The Hall–Kier alpha value is -2.84. The van der Waals surface area contributed by atoms with Crippen molar-refractivity contribution in [3.8, 4) is 21.9 Å². The molecule has 0 bridgehead atoms. The monoisotopic (exact) mass is 454 g/mol. The number of benzene rings is 1. The van der Waals surface area contributed by atoms with E-state index in [2.05, 4.69) is 16.8 Å². The van der Waals surface area contributed by atoms with Gasteiger partial charge in [-0.2, -0.15) is 0 Å². The van der Waals surface area contributed by atoms with Crippen LogP contribution < -0.4 is 14.8 Å². The van der Waals surface area contributed by atoms with E-state index in [-0.39, 0.29) is 11.8 Å². The Morgan fingerprint density at radius 1 is 1.06 bits per heavy atom. The van der Waals surface area contributed by atoms with Crippen LogP contribution in [0.3, 0.4) is 0 Å². The van der Waals surface area contributed by atoms with E-state index in [0.29, 0.717) is 37.6 Å². The number of rotatable bonds is 5. The molecule has 6 nitrogen and oxygen atoms in total. The molecule has 160 valence electrons. The smallest absolute Gasteiger partial charge is 0.261 e. The Morgan fingerprint density at radius 2 is 1.94 bits per heavy atom. The molecule has 0 aliphatic carbocycles. The predicted molar refractivity (Wildman–Crippen MR) is 121 cm³/mol. The van der Waals surface area contributed by atoms with Crippen molar-refractivity contribution >= 4 is 34.5 Å². The van der Waals surface area contributed by atoms with E-state index in [1.807, 2.05) is 35.2 Å². The maximum Gasteiger partial charge on any atom is 0.261 e. The van der Waals surface area contributed by atoms with Crippen LogP contribution in [0.2, 0.25) is 0 Å². The summed E-state index contributed by atoms with van der Waals surface area (Å²) in [6.45, 7) is 2.87. The Balaban J connectivity index is 1.15. The van der Waals surface area contributed by atoms with Crippen molar-refractivity contribution in [2.75, 3.05) is 26.3 Å². The summed E-state index contributed by atoms with van der Waals surface area (Å²) in [7, 11) is 0. The highest BCUT2D eigenvalue weighted by Gasteiger charge is 2.21. The zero-order valence-corrected chi connectivity index (χ0v) is 18.5. The van der Waals surface area contributed by atoms with E-state index in [4.69, 9.17) is 9.47 Å². The van der Waals surface area contributed by atoms with Gasteiger partial charge in [0.25, 0.3) is 5.91 Å². The number of ether oxygens (including phenoxy) is 2. The molecular weight excluding hydrogens is 432 g/mol. The fraction of sp³-hybridized carbons (Fsp3) is 0.304. The molecule has 0 saturated heterocycles. The van der Waals surface area contributed by atoms with Crippen molar-refractivity contribution < 1.29 is 19.1 Å². The van der Waals surface area contributed by atoms with Gasteiger partial charge in [-0.3, -0.25) is 9.59 Å². The first kappa shape index (κ1) is 20.1. The van der Waals surface area contributed by atoms with Gasteiger partial charge in [-0.1, -0.05) is 0 Å². The highest BCUT2D eigenvalue weighted by molar-refractivity contribution is 7.17. The molecule has 2 amide bonds. The summed E-state index contributed by atoms with van der Waals surface area (Å²) in [5, 5.41) is 4.96. The minimum Gasteiger partial charge on any atom is -0.486 e. The molecule has 1 aromatic carbocycles. The number of amides is 2. The molecule has 0 unspecified atom stereocenters. The Labute approximate surface area is 188 Å². The van der Waals surface area contributed by atoms with Gasteiger partial charge in [0.15, 0.2) is 11.5 Å². The number of carbonyl (C=O) groups is 2.